The number of amides is 2. The second-order valence-corrected chi connectivity index (χ2v) is 7.49. The van der Waals surface area contributed by atoms with E-state index in [-0.39, 0.29) is 30.0 Å². The van der Waals surface area contributed by atoms with Gasteiger partial charge in [0.2, 0.25) is 11.5 Å². The third-order valence-corrected chi connectivity index (χ3v) is 5.63. The molecule has 1 fully saturated rings. The Labute approximate surface area is 164 Å². The summed E-state index contributed by atoms with van der Waals surface area (Å²) in [4.78, 5) is 42.0. The highest BCUT2D eigenvalue weighted by atomic mass is 16.3. The molecule has 7 nitrogen and oxygen atoms in total. The lowest BCUT2D eigenvalue weighted by Gasteiger charge is -2.39. The van der Waals surface area contributed by atoms with E-state index in [2.05, 4.69) is 10.3 Å². The summed E-state index contributed by atoms with van der Waals surface area (Å²) in [7, 11) is 0. The van der Waals surface area contributed by atoms with Crippen molar-refractivity contribution in [3.8, 4) is 0 Å². The summed E-state index contributed by atoms with van der Waals surface area (Å²) >= 11 is 0. The van der Waals surface area contributed by atoms with Gasteiger partial charge in [-0.25, -0.2) is 0 Å². The van der Waals surface area contributed by atoms with E-state index in [0.29, 0.717) is 17.7 Å². The number of hydrogen-bond acceptors (Lipinski definition) is 4. The first-order chi connectivity index (χ1) is 13.4. The summed E-state index contributed by atoms with van der Waals surface area (Å²) in [6.07, 6.45) is 7.53. The molecule has 2 aromatic heterocycles. The van der Waals surface area contributed by atoms with Crippen LogP contribution in [0.15, 0.2) is 45.9 Å². The molecule has 0 aliphatic heterocycles. The van der Waals surface area contributed by atoms with E-state index in [1.807, 2.05) is 6.92 Å². The van der Waals surface area contributed by atoms with Gasteiger partial charge in [0.25, 0.3) is 5.91 Å². The van der Waals surface area contributed by atoms with Gasteiger partial charge in [-0.05, 0) is 44.4 Å². The van der Waals surface area contributed by atoms with E-state index >= 15 is 0 Å². The molecule has 1 aliphatic carbocycles. The largest absolute Gasteiger partial charge is 0.467 e. The fourth-order valence-corrected chi connectivity index (χ4v) is 3.61. The second kappa shape index (κ2) is 8.46. The molecule has 2 aromatic rings. The van der Waals surface area contributed by atoms with Gasteiger partial charge < -0.3 is 19.6 Å². The fourth-order valence-electron chi connectivity index (χ4n) is 3.61. The maximum atomic E-state index is 13.3. The van der Waals surface area contributed by atoms with Gasteiger partial charge in [-0.15, -0.1) is 0 Å². The van der Waals surface area contributed by atoms with Crippen LogP contribution in [0.3, 0.4) is 0 Å². The normalized spacial score (nSPS) is 16.5. The molecule has 0 unspecified atom stereocenters. The second-order valence-electron chi connectivity index (χ2n) is 7.49. The Kier molecular flexibility index (Phi) is 6.02. The van der Waals surface area contributed by atoms with E-state index in [9.17, 15) is 14.4 Å². The predicted octanol–water partition coefficient (Wildman–Crippen LogP) is 2.84. The van der Waals surface area contributed by atoms with Crippen LogP contribution in [0.5, 0.6) is 0 Å². The zero-order valence-electron chi connectivity index (χ0n) is 16.4. The van der Waals surface area contributed by atoms with Crippen LogP contribution in [-0.2, 0) is 11.3 Å². The maximum Gasteiger partial charge on any atom is 0.256 e. The van der Waals surface area contributed by atoms with Crippen LogP contribution >= 0.6 is 0 Å². The monoisotopic (exact) mass is 385 g/mol. The minimum absolute atomic E-state index is 0.159. The van der Waals surface area contributed by atoms with Gasteiger partial charge in [-0.2, -0.15) is 0 Å². The minimum atomic E-state index is -1.05. The summed E-state index contributed by atoms with van der Waals surface area (Å²) in [6.45, 7) is 3.83. The molecule has 0 saturated heterocycles. The number of furan rings is 1. The van der Waals surface area contributed by atoms with Crippen LogP contribution in [0.25, 0.3) is 0 Å². The standard InChI is InChI=1S/C21H27N3O4/c1-3-21(2,20(27)23-16-7-4-5-8-16)24(14-17-9-6-12-28-17)19(26)15-10-11-18(25)22-13-15/h6,9-13,16H,3-5,7-8,14H2,1-2H3,(H,22,25)(H,23,27)/t21-/m1/s1. The summed E-state index contributed by atoms with van der Waals surface area (Å²) in [5.41, 5.74) is -1.02. The molecule has 2 N–H and O–H groups in total. The van der Waals surface area contributed by atoms with Crippen molar-refractivity contribution < 1.29 is 14.0 Å². The zero-order chi connectivity index (χ0) is 20.1. The molecular formula is C21H27N3O4. The molecule has 2 heterocycles. The highest BCUT2D eigenvalue weighted by Crippen LogP contribution is 2.27. The third kappa shape index (κ3) is 4.18. The average Bonchev–Trinajstić information content (AvgIpc) is 3.39. The summed E-state index contributed by atoms with van der Waals surface area (Å²) in [6, 6.07) is 6.46. The first-order valence-corrected chi connectivity index (χ1v) is 9.78. The van der Waals surface area contributed by atoms with Crippen LogP contribution in [0.1, 0.15) is 62.1 Å². The van der Waals surface area contributed by atoms with Gasteiger partial charge in [0.05, 0.1) is 18.4 Å². The average molecular weight is 385 g/mol. The van der Waals surface area contributed by atoms with Crippen molar-refractivity contribution in [3.63, 3.8) is 0 Å². The highest BCUT2D eigenvalue weighted by Gasteiger charge is 2.42. The zero-order valence-corrected chi connectivity index (χ0v) is 16.4. The van der Waals surface area contributed by atoms with Crippen LogP contribution in [0, 0.1) is 0 Å². The molecule has 7 heteroatoms. The highest BCUT2D eigenvalue weighted by molar-refractivity contribution is 5.99. The molecule has 0 spiro atoms. The van der Waals surface area contributed by atoms with E-state index in [4.69, 9.17) is 4.42 Å². The fraction of sp³-hybridized carbons (Fsp3) is 0.476. The molecule has 0 radical (unpaired) electrons. The van der Waals surface area contributed by atoms with Crippen molar-refractivity contribution in [2.24, 2.45) is 0 Å². The van der Waals surface area contributed by atoms with Crippen molar-refractivity contribution in [1.29, 1.82) is 0 Å². The first-order valence-electron chi connectivity index (χ1n) is 9.78. The lowest BCUT2D eigenvalue weighted by atomic mass is 9.93. The van der Waals surface area contributed by atoms with Gasteiger partial charge >= 0.3 is 0 Å². The Morgan fingerprint density at radius 3 is 2.61 bits per heavy atom. The van der Waals surface area contributed by atoms with Crippen molar-refractivity contribution in [1.82, 2.24) is 15.2 Å². The molecular weight excluding hydrogens is 358 g/mol. The SMILES string of the molecule is CC[C@](C)(C(=O)NC1CCCC1)N(Cc1ccco1)C(=O)c1ccc(=O)[nH]c1. The Balaban J connectivity index is 1.92. The molecule has 1 aliphatic rings. The van der Waals surface area contributed by atoms with E-state index < -0.39 is 5.54 Å². The summed E-state index contributed by atoms with van der Waals surface area (Å²) in [5.74, 6) is 0.0934. The number of nitrogens with one attached hydrogen (secondary N) is 2. The van der Waals surface area contributed by atoms with Gasteiger partial charge in [0.15, 0.2) is 0 Å². The van der Waals surface area contributed by atoms with Gasteiger partial charge in [0, 0.05) is 18.3 Å². The Morgan fingerprint density at radius 1 is 1.29 bits per heavy atom. The van der Waals surface area contributed by atoms with E-state index in [0.717, 1.165) is 25.7 Å². The Hall–Kier alpha value is -2.83. The smallest absolute Gasteiger partial charge is 0.256 e. The van der Waals surface area contributed by atoms with Crippen LogP contribution in [0.4, 0.5) is 0 Å². The number of hydrogen-bond donors (Lipinski definition) is 2. The van der Waals surface area contributed by atoms with E-state index in [1.54, 1.807) is 25.3 Å². The number of rotatable bonds is 7. The molecule has 0 bridgehead atoms. The number of aromatic amines is 1. The predicted molar refractivity (Wildman–Crippen MR) is 105 cm³/mol. The van der Waals surface area contributed by atoms with Crippen LogP contribution in [0.2, 0.25) is 0 Å². The quantitative estimate of drug-likeness (QED) is 0.766. The van der Waals surface area contributed by atoms with Crippen LogP contribution in [-0.4, -0.2) is 33.3 Å². The molecule has 0 aromatic carbocycles. The van der Waals surface area contributed by atoms with Gasteiger partial charge in [-0.3, -0.25) is 14.4 Å². The number of aromatic nitrogens is 1. The number of H-pyrrole nitrogens is 1. The number of carbonyl (C=O) groups excluding carboxylic acids is 2. The van der Waals surface area contributed by atoms with Crippen molar-refractivity contribution in [2.75, 3.05) is 0 Å². The van der Waals surface area contributed by atoms with Gasteiger partial charge in [-0.1, -0.05) is 19.8 Å². The Morgan fingerprint density at radius 2 is 2.04 bits per heavy atom. The number of carbonyl (C=O) groups is 2. The molecule has 150 valence electrons. The van der Waals surface area contributed by atoms with Crippen molar-refractivity contribution >= 4 is 11.8 Å². The number of pyridine rings is 1. The van der Waals surface area contributed by atoms with Gasteiger partial charge in [0.1, 0.15) is 11.3 Å². The topological polar surface area (TPSA) is 95.4 Å². The summed E-state index contributed by atoms with van der Waals surface area (Å²) < 4.78 is 5.44. The molecule has 1 atom stereocenters. The molecule has 2 amide bonds. The molecule has 1 saturated carbocycles. The molecule has 28 heavy (non-hydrogen) atoms. The first kappa shape index (κ1) is 19.9. The Bertz CT molecular complexity index is 848. The maximum absolute atomic E-state index is 13.3. The summed E-state index contributed by atoms with van der Waals surface area (Å²) in [5, 5.41) is 3.12. The van der Waals surface area contributed by atoms with Crippen molar-refractivity contribution in [2.45, 2.75) is 64.1 Å². The van der Waals surface area contributed by atoms with Crippen LogP contribution < -0.4 is 10.9 Å². The van der Waals surface area contributed by atoms with Crippen molar-refractivity contribution in [3.05, 3.63) is 58.4 Å². The third-order valence-electron chi connectivity index (χ3n) is 5.63. The van der Waals surface area contributed by atoms with E-state index in [1.165, 1.54) is 23.2 Å². The minimum Gasteiger partial charge on any atom is -0.467 e. The number of nitrogens with zero attached hydrogens (tertiary/aromatic N) is 1. The molecule has 3 rings (SSSR count). The lowest BCUT2D eigenvalue weighted by Crippen LogP contribution is -2.59. The lowest BCUT2D eigenvalue weighted by molar-refractivity contribution is -0.132.